The van der Waals surface area contributed by atoms with Crippen LogP contribution in [0.3, 0.4) is 0 Å². The first-order valence-electron chi connectivity index (χ1n) is 7.30. The molecule has 0 saturated heterocycles. The number of unbranched alkanes of at least 4 members (excludes halogenated alkanes) is 3. The molecule has 0 saturated carbocycles. The molecule has 1 heteroatoms. The van der Waals surface area contributed by atoms with Crippen molar-refractivity contribution in [3.05, 3.63) is 54.6 Å². The van der Waals surface area contributed by atoms with Crippen LogP contribution in [-0.2, 0) is 0 Å². The predicted octanol–water partition coefficient (Wildman–Crippen LogP) is 5.24. The lowest BCUT2D eigenvalue weighted by molar-refractivity contribution is 0.706. The van der Waals surface area contributed by atoms with E-state index in [4.69, 9.17) is 0 Å². The molecule has 0 nitrogen and oxygen atoms in total. The molecule has 19 heavy (non-hydrogen) atoms. The lowest BCUT2D eigenvalue weighted by atomic mass is 10.1. The van der Waals surface area contributed by atoms with E-state index in [1.165, 1.54) is 48.3 Å². The molecule has 0 spiro atoms. The minimum Gasteiger partial charge on any atom is -0.0897 e. The molecular weight excluding hydrogens is 247 g/mol. The first kappa shape index (κ1) is 14.3. The van der Waals surface area contributed by atoms with Crippen LogP contribution in [0, 0.1) is 0 Å². The van der Waals surface area contributed by atoms with Crippen molar-refractivity contribution in [1.82, 2.24) is 0 Å². The van der Waals surface area contributed by atoms with E-state index in [1.54, 1.807) is 0 Å². The topological polar surface area (TPSA) is 0 Å². The molecule has 1 unspecified atom stereocenters. The molecule has 0 aliphatic heterocycles. The first-order valence-corrected chi connectivity index (χ1v) is 8.51. The van der Waals surface area contributed by atoms with Gasteiger partial charge in [-0.3, -0.25) is 0 Å². The Kier molecular flexibility index (Phi) is 6.11. The molecule has 2 aromatic carbocycles. The minimum atomic E-state index is 0.940. The fourth-order valence-electron chi connectivity index (χ4n) is 2.28. The van der Waals surface area contributed by atoms with Gasteiger partial charge in [0, 0.05) is 0 Å². The van der Waals surface area contributed by atoms with E-state index in [-0.39, 0.29) is 0 Å². The summed E-state index contributed by atoms with van der Waals surface area (Å²) in [7, 11) is 0.940. The summed E-state index contributed by atoms with van der Waals surface area (Å²) < 4.78 is 0. The smallest absolute Gasteiger partial charge is 0.0110 e. The summed E-state index contributed by atoms with van der Waals surface area (Å²) >= 11 is 0. The zero-order valence-electron chi connectivity index (χ0n) is 11.7. The third-order valence-electron chi connectivity index (χ3n) is 3.36. The van der Waals surface area contributed by atoms with E-state index in [0.717, 1.165) is 8.58 Å². The Bertz CT molecular complexity index is 476. The number of hydrogen-bond donors (Lipinski definition) is 0. The van der Waals surface area contributed by atoms with E-state index in [0.29, 0.717) is 0 Å². The Hall–Kier alpha value is -1.13. The molecule has 1 atom stereocenters. The number of benzene rings is 2. The van der Waals surface area contributed by atoms with Crippen molar-refractivity contribution in [2.45, 2.75) is 32.6 Å². The zero-order valence-corrected chi connectivity index (χ0v) is 12.7. The summed E-state index contributed by atoms with van der Waals surface area (Å²) in [5.74, 6) is 0. The van der Waals surface area contributed by atoms with Gasteiger partial charge in [0.15, 0.2) is 0 Å². The second kappa shape index (κ2) is 8.12. The van der Waals surface area contributed by atoms with E-state index in [1.807, 2.05) is 0 Å². The zero-order chi connectivity index (χ0) is 13.3. The van der Waals surface area contributed by atoms with E-state index in [9.17, 15) is 0 Å². The van der Waals surface area contributed by atoms with Crippen molar-refractivity contribution >= 4 is 13.9 Å². The van der Waals surface area contributed by atoms with Crippen LogP contribution < -0.4 is 5.30 Å². The molecule has 0 heterocycles. The molecule has 0 fully saturated rings. The van der Waals surface area contributed by atoms with Crippen LogP contribution in [0.15, 0.2) is 54.6 Å². The summed E-state index contributed by atoms with van der Waals surface area (Å²) in [6.45, 7) is 2.27. The Balaban J connectivity index is 2.01. The van der Waals surface area contributed by atoms with E-state index < -0.39 is 0 Å². The van der Waals surface area contributed by atoms with Gasteiger partial charge in [0.25, 0.3) is 0 Å². The van der Waals surface area contributed by atoms with Gasteiger partial charge in [-0.2, -0.15) is 0 Å². The maximum atomic E-state index is 2.29. The third-order valence-corrected chi connectivity index (χ3v) is 4.78. The highest BCUT2D eigenvalue weighted by molar-refractivity contribution is 7.47. The van der Waals surface area contributed by atoms with Crippen molar-refractivity contribution < 1.29 is 0 Å². The van der Waals surface area contributed by atoms with Gasteiger partial charge in [0.1, 0.15) is 0 Å². The second-order valence-electron chi connectivity index (χ2n) is 4.90. The highest BCUT2D eigenvalue weighted by atomic mass is 31.1. The van der Waals surface area contributed by atoms with Gasteiger partial charge in [-0.15, -0.1) is 0 Å². The predicted molar refractivity (Wildman–Crippen MR) is 88.8 cm³/mol. The fraction of sp³-hybridized carbons (Fsp3) is 0.333. The molecule has 0 amide bonds. The van der Waals surface area contributed by atoms with Crippen LogP contribution in [0.2, 0.25) is 0 Å². The molecule has 0 aliphatic rings. The van der Waals surface area contributed by atoms with Gasteiger partial charge in [-0.1, -0.05) is 89.4 Å². The summed E-state index contributed by atoms with van der Waals surface area (Å²) in [6, 6.07) is 19.6. The Morgan fingerprint density at radius 1 is 0.789 bits per heavy atom. The molecule has 0 N–H and O–H groups in total. The lowest BCUT2D eigenvalue weighted by Gasteiger charge is -2.09. The largest absolute Gasteiger partial charge is 0.0897 e. The standard InChI is InChI=1S/C18H23P/c1-2-3-4-10-15-19-18-14-9-8-13-17(18)16-11-6-5-7-12-16/h5-9,11-14,19H,2-4,10,15H2,1H3. The van der Waals surface area contributed by atoms with Gasteiger partial charge in [0.05, 0.1) is 0 Å². The van der Waals surface area contributed by atoms with Crippen molar-refractivity contribution in [1.29, 1.82) is 0 Å². The monoisotopic (exact) mass is 270 g/mol. The van der Waals surface area contributed by atoms with Gasteiger partial charge >= 0.3 is 0 Å². The highest BCUT2D eigenvalue weighted by Gasteiger charge is 2.03. The average Bonchev–Trinajstić information content (AvgIpc) is 2.48. The van der Waals surface area contributed by atoms with Crippen LogP contribution in [0.1, 0.15) is 32.6 Å². The fourth-order valence-corrected chi connectivity index (χ4v) is 3.61. The normalized spacial score (nSPS) is 11.2. The Labute approximate surface area is 119 Å². The Morgan fingerprint density at radius 3 is 2.32 bits per heavy atom. The summed E-state index contributed by atoms with van der Waals surface area (Å²) in [4.78, 5) is 0. The molecule has 2 aromatic rings. The second-order valence-corrected chi connectivity index (χ2v) is 6.29. The Morgan fingerprint density at radius 2 is 1.53 bits per heavy atom. The van der Waals surface area contributed by atoms with Crippen LogP contribution >= 0.6 is 8.58 Å². The summed E-state index contributed by atoms with van der Waals surface area (Å²) in [5.41, 5.74) is 2.76. The van der Waals surface area contributed by atoms with Crippen LogP contribution in [-0.4, -0.2) is 6.16 Å². The van der Waals surface area contributed by atoms with Crippen molar-refractivity contribution in [2.75, 3.05) is 6.16 Å². The molecule has 0 bridgehead atoms. The molecule has 2 rings (SSSR count). The number of rotatable bonds is 7. The molecule has 0 aromatic heterocycles. The summed E-state index contributed by atoms with van der Waals surface area (Å²) in [6.07, 6.45) is 6.80. The maximum absolute atomic E-state index is 2.29. The molecule has 0 aliphatic carbocycles. The molecule has 0 radical (unpaired) electrons. The SMILES string of the molecule is CCCCCCPc1ccccc1-c1ccccc1. The first-order chi connectivity index (χ1) is 9.42. The van der Waals surface area contributed by atoms with Gasteiger partial charge in [0.2, 0.25) is 0 Å². The van der Waals surface area contributed by atoms with Gasteiger partial charge < -0.3 is 0 Å². The maximum Gasteiger partial charge on any atom is -0.0110 e. The molecular formula is C18H23P. The molecule has 100 valence electrons. The quantitative estimate of drug-likeness (QED) is 0.477. The third kappa shape index (κ3) is 4.48. The minimum absolute atomic E-state index is 0.940. The van der Waals surface area contributed by atoms with Crippen LogP contribution in [0.5, 0.6) is 0 Å². The van der Waals surface area contributed by atoms with Crippen LogP contribution in [0.4, 0.5) is 0 Å². The highest BCUT2D eigenvalue weighted by Crippen LogP contribution is 2.24. The summed E-state index contributed by atoms with van der Waals surface area (Å²) in [5, 5.41) is 1.52. The van der Waals surface area contributed by atoms with Crippen molar-refractivity contribution in [3.63, 3.8) is 0 Å². The van der Waals surface area contributed by atoms with Crippen LogP contribution in [0.25, 0.3) is 11.1 Å². The van der Waals surface area contributed by atoms with Crippen molar-refractivity contribution in [2.24, 2.45) is 0 Å². The number of hydrogen-bond acceptors (Lipinski definition) is 0. The average molecular weight is 270 g/mol. The van der Waals surface area contributed by atoms with E-state index >= 15 is 0 Å². The van der Waals surface area contributed by atoms with Crippen molar-refractivity contribution in [3.8, 4) is 11.1 Å². The van der Waals surface area contributed by atoms with Gasteiger partial charge in [-0.25, -0.2) is 0 Å². The van der Waals surface area contributed by atoms with E-state index in [2.05, 4.69) is 61.5 Å². The van der Waals surface area contributed by atoms with Gasteiger partial charge in [-0.05, 0) is 29.0 Å². The lowest BCUT2D eigenvalue weighted by Crippen LogP contribution is -2.00.